The summed E-state index contributed by atoms with van der Waals surface area (Å²) >= 11 is 0. The molecule has 0 saturated carbocycles. The molecule has 3 N–H and O–H groups in total. The lowest BCUT2D eigenvalue weighted by molar-refractivity contribution is -0.139. The first-order valence-corrected chi connectivity index (χ1v) is 8.02. The van der Waals surface area contributed by atoms with Crippen LogP contribution in [0.25, 0.3) is 10.9 Å². The monoisotopic (exact) mass is 358 g/mol. The van der Waals surface area contributed by atoms with Crippen LogP contribution in [0.15, 0.2) is 18.2 Å². The summed E-state index contributed by atoms with van der Waals surface area (Å²) in [4.78, 5) is 24.6. The van der Waals surface area contributed by atoms with Crippen molar-refractivity contribution < 1.29 is 19.1 Å². The Hall–Kier alpha value is -3.16. The number of carboxylic acid groups (broad SMARTS) is 1. The lowest BCUT2D eigenvalue weighted by Crippen LogP contribution is -2.35. The number of aromatic amines is 1. The van der Waals surface area contributed by atoms with Crippen LogP contribution in [0.4, 0.5) is 4.39 Å². The summed E-state index contributed by atoms with van der Waals surface area (Å²) in [6.45, 7) is 5.08. The van der Waals surface area contributed by atoms with Gasteiger partial charge in [0.2, 0.25) is 0 Å². The van der Waals surface area contributed by atoms with Gasteiger partial charge in [-0.05, 0) is 44.5 Å². The smallest absolute Gasteiger partial charge is 0.331 e. The summed E-state index contributed by atoms with van der Waals surface area (Å²) < 4.78 is 15.2. The van der Waals surface area contributed by atoms with Crippen molar-refractivity contribution >= 4 is 22.8 Å². The van der Waals surface area contributed by atoms with Crippen LogP contribution in [0.2, 0.25) is 0 Å². The molecule has 0 aliphatic carbocycles. The highest BCUT2D eigenvalue weighted by molar-refractivity contribution is 6.03. The van der Waals surface area contributed by atoms with Crippen LogP contribution in [0.5, 0.6) is 0 Å². The van der Waals surface area contributed by atoms with Gasteiger partial charge in [-0.3, -0.25) is 9.89 Å². The average Bonchev–Trinajstić information content (AvgIpc) is 3.02. The number of halogens is 1. The predicted molar refractivity (Wildman–Crippen MR) is 93.5 cm³/mol. The first-order valence-electron chi connectivity index (χ1n) is 8.02. The Morgan fingerprint density at radius 2 is 2.00 bits per heavy atom. The third kappa shape index (κ3) is 2.73. The maximum Gasteiger partial charge on any atom is 0.331 e. The van der Waals surface area contributed by atoms with Crippen molar-refractivity contribution in [2.24, 2.45) is 7.05 Å². The van der Waals surface area contributed by atoms with E-state index in [0.29, 0.717) is 33.4 Å². The zero-order valence-corrected chi connectivity index (χ0v) is 14.8. The number of nitrogens with zero attached hydrogens (tertiary/aromatic N) is 2. The van der Waals surface area contributed by atoms with Crippen molar-refractivity contribution in [2.75, 3.05) is 0 Å². The summed E-state index contributed by atoms with van der Waals surface area (Å²) in [5, 5.41) is 19.5. The van der Waals surface area contributed by atoms with Gasteiger partial charge in [-0.2, -0.15) is 5.10 Å². The maximum atomic E-state index is 13.6. The van der Waals surface area contributed by atoms with Crippen LogP contribution < -0.4 is 5.32 Å². The number of rotatable bonds is 4. The Bertz CT molecular complexity index is 1020. The van der Waals surface area contributed by atoms with E-state index in [1.165, 1.54) is 12.1 Å². The fraction of sp³-hybridized carbons (Fsp3) is 0.278. The molecule has 0 spiro atoms. The Morgan fingerprint density at radius 1 is 1.31 bits per heavy atom. The number of aliphatic carboxylic acids is 1. The van der Waals surface area contributed by atoms with Crippen molar-refractivity contribution in [2.45, 2.75) is 26.8 Å². The number of carboxylic acids is 1. The molecule has 0 fully saturated rings. The van der Waals surface area contributed by atoms with E-state index in [1.54, 1.807) is 38.5 Å². The van der Waals surface area contributed by atoms with E-state index in [4.69, 9.17) is 0 Å². The molecule has 1 aromatic carbocycles. The normalized spacial score (nSPS) is 12.3. The molecule has 0 saturated heterocycles. The minimum atomic E-state index is -1.24. The highest BCUT2D eigenvalue weighted by Gasteiger charge is 2.29. The number of H-pyrrole nitrogens is 1. The largest absolute Gasteiger partial charge is 0.479 e. The van der Waals surface area contributed by atoms with Gasteiger partial charge >= 0.3 is 5.97 Å². The second kappa shape index (κ2) is 6.29. The van der Waals surface area contributed by atoms with Crippen LogP contribution in [-0.2, 0) is 11.8 Å². The minimum absolute atomic E-state index is 0.288. The van der Waals surface area contributed by atoms with Gasteiger partial charge in [-0.1, -0.05) is 0 Å². The molecule has 0 radical (unpaired) electrons. The number of hydrogen-bond acceptors (Lipinski definition) is 3. The number of aromatic nitrogens is 3. The van der Waals surface area contributed by atoms with E-state index in [9.17, 15) is 19.1 Å². The Morgan fingerprint density at radius 3 is 2.58 bits per heavy atom. The third-order valence-electron chi connectivity index (χ3n) is 4.63. The molecule has 3 aromatic rings. The molecule has 1 amide bonds. The highest BCUT2D eigenvalue weighted by Crippen LogP contribution is 2.27. The summed E-state index contributed by atoms with van der Waals surface area (Å²) in [6, 6.07) is 3.03. The molecule has 0 aliphatic rings. The van der Waals surface area contributed by atoms with E-state index in [-0.39, 0.29) is 5.69 Å². The molecule has 0 bridgehead atoms. The number of hydrogen-bond donors (Lipinski definition) is 3. The third-order valence-corrected chi connectivity index (χ3v) is 4.63. The van der Waals surface area contributed by atoms with Crippen LogP contribution in [-0.4, -0.2) is 31.7 Å². The van der Waals surface area contributed by atoms with Crippen molar-refractivity contribution in [3.05, 3.63) is 52.2 Å². The lowest BCUT2D eigenvalue weighted by atomic mass is 10.0. The summed E-state index contributed by atoms with van der Waals surface area (Å²) in [6.07, 6.45) is 0. The summed E-state index contributed by atoms with van der Waals surface area (Å²) in [5.41, 5.74) is 3.07. The number of carbonyl (C=O) groups excluding carboxylic acids is 1. The lowest BCUT2D eigenvalue weighted by Gasteiger charge is -2.16. The number of amides is 1. The van der Waals surface area contributed by atoms with Crippen molar-refractivity contribution in [3.8, 4) is 0 Å². The number of aryl methyl sites for hydroxylation is 4. The molecule has 8 heteroatoms. The molecule has 136 valence electrons. The second-order valence-electron chi connectivity index (χ2n) is 6.29. The number of nitrogens with one attached hydrogen (secondary N) is 2. The first-order chi connectivity index (χ1) is 12.2. The van der Waals surface area contributed by atoms with Gasteiger partial charge in [0, 0.05) is 29.2 Å². The summed E-state index contributed by atoms with van der Waals surface area (Å²) in [5.74, 6) is -2.13. The highest BCUT2D eigenvalue weighted by atomic mass is 19.1. The predicted octanol–water partition coefficient (Wildman–Crippen LogP) is 2.52. The van der Waals surface area contributed by atoms with Crippen molar-refractivity contribution in [1.29, 1.82) is 0 Å². The standard InChI is InChI=1S/C18H19FN4O3/c1-8-12-7-11(19)5-6-13(12)23(4)16(8)17(24)20-15(18(25)26)14-9(2)21-22-10(14)3/h5-7,15H,1-4H3,(H,20,24)(H,21,22)(H,25,26)/t15-/m1/s1. The second-order valence-corrected chi connectivity index (χ2v) is 6.29. The average molecular weight is 358 g/mol. The zero-order valence-electron chi connectivity index (χ0n) is 14.8. The van der Waals surface area contributed by atoms with Crippen LogP contribution in [0, 0.1) is 26.6 Å². The Balaban J connectivity index is 2.04. The van der Waals surface area contributed by atoms with Crippen LogP contribution >= 0.6 is 0 Å². The molecule has 7 nitrogen and oxygen atoms in total. The van der Waals surface area contributed by atoms with E-state index in [0.717, 1.165) is 0 Å². The van der Waals surface area contributed by atoms with Gasteiger partial charge in [-0.15, -0.1) is 0 Å². The number of benzene rings is 1. The fourth-order valence-electron chi connectivity index (χ4n) is 3.37. The molecule has 0 aliphatic heterocycles. The van der Waals surface area contributed by atoms with Gasteiger partial charge < -0.3 is 15.0 Å². The topological polar surface area (TPSA) is 100 Å². The minimum Gasteiger partial charge on any atom is -0.479 e. The first kappa shape index (κ1) is 17.7. The molecule has 2 heterocycles. The van der Waals surface area contributed by atoms with E-state index in [1.807, 2.05) is 0 Å². The molecular weight excluding hydrogens is 339 g/mol. The number of fused-ring (bicyclic) bond motifs is 1. The van der Waals surface area contributed by atoms with Gasteiger partial charge in [0.25, 0.3) is 5.91 Å². The Labute approximate surface area is 148 Å². The molecule has 26 heavy (non-hydrogen) atoms. The van der Waals surface area contributed by atoms with E-state index < -0.39 is 23.7 Å². The van der Waals surface area contributed by atoms with Gasteiger partial charge in [0.1, 0.15) is 11.5 Å². The molecule has 1 atom stereocenters. The maximum absolute atomic E-state index is 13.6. The molecule has 0 unspecified atom stereocenters. The SMILES string of the molecule is Cc1n[nH]c(C)c1[C@@H](NC(=O)c1c(C)c2cc(F)ccc2n1C)C(=O)O. The summed E-state index contributed by atoms with van der Waals surface area (Å²) in [7, 11) is 1.69. The van der Waals surface area contributed by atoms with Crippen molar-refractivity contribution in [3.63, 3.8) is 0 Å². The number of carbonyl (C=O) groups is 2. The van der Waals surface area contributed by atoms with E-state index >= 15 is 0 Å². The zero-order chi connectivity index (χ0) is 19.2. The quantitative estimate of drug-likeness (QED) is 0.667. The van der Waals surface area contributed by atoms with Gasteiger partial charge in [0.15, 0.2) is 6.04 Å². The van der Waals surface area contributed by atoms with Crippen LogP contribution in [0.1, 0.15) is 39.0 Å². The van der Waals surface area contributed by atoms with Crippen LogP contribution in [0.3, 0.4) is 0 Å². The molecule has 2 aromatic heterocycles. The van der Waals surface area contributed by atoms with Gasteiger partial charge in [0.05, 0.1) is 5.69 Å². The Kier molecular flexibility index (Phi) is 4.27. The molecule has 3 rings (SSSR count). The van der Waals surface area contributed by atoms with E-state index in [2.05, 4.69) is 15.5 Å². The molecular formula is C18H19FN4O3. The fourth-order valence-corrected chi connectivity index (χ4v) is 3.37. The van der Waals surface area contributed by atoms with Crippen molar-refractivity contribution in [1.82, 2.24) is 20.1 Å². The van der Waals surface area contributed by atoms with Gasteiger partial charge in [-0.25, -0.2) is 9.18 Å².